The molecule has 9 nitrogen and oxygen atoms in total. The van der Waals surface area contributed by atoms with Gasteiger partial charge in [0.05, 0.1) is 13.2 Å². The summed E-state index contributed by atoms with van der Waals surface area (Å²) in [6.07, 6.45) is 3.97. The number of hydrogen-bond donors (Lipinski definition) is 1. The molecule has 1 aromatic carbocycles. The van der Waals surface area contributed by atoms with Crippen LogP contribution >= 0.6 is 0 Å². The van der Waals surface area contributed by atoms with Crippen LogP contribution in [0.25, 0.3) is 5.65 Å². The molecule has 3 heterocycles. The number of rotatable bonds is 9. The number of nitrogens with zero attached hydrogens (tertiary/aromatic N) is 5. The first-order valence-electron chi connectivity index (χ1n) is 11.3. The van der Waals surface area contributed by atoms with E-state index >= 15 is 0 Å². The molecule has 9 heteroatoms. The average Bonchev–Trinajstić information content (AvgIpc) is 3.29. The molecule has 1 amide bonds. The number of fused-ring (bicyclic) bond motifs is 1. The number of aromatic nitrogens is 4. The van der Waals surface area contributed by atoms with E-state index in [9.17, 15) is 4.79 Å². The fraction of sp³-hybridized carbons (Fsp3) is 0.478. The van der Waals surface area contributed by atoms with E-state index in [0.717, 1.165) is 60.9 Å². The molecule has 1 fully saturated rings. The summed E-state index contributed by atoms with van der Waals surface area (Å²) in [4.78, 5) is 14.9. The van der Waals surface area contributed by atoms with Crippen LogP contribution in [-0.2, 0) is 11.2 Å². The Balaban J connectivity index is 1.25. The number of hydrogen-bond acceptors (Lipinski definition) is 7. The predicted octanol–water partition coefficient (Wildman–Crippen LogP) is 2.50. The van der Waals surface area contributed by atoms with E-state index in [0.29, 0.717) is 19.8 Å². The van der Waals surface area contributed by atoms with Crippen LogP contribution in [0.5, 0.6) is 11.5 Å². The third-order valence-corrected chi connectivity index (χ3v) is 5.66. The van der Waals surface area contributed by atoms with E-state index in [-0.39, 0.29) is 11.8 Å². The molecular formula is C23H30N6O3. The van der Waals surface area contributed by atoms with Crippen LogP contribution in [0, 0.1) is 5.92 Å². The molecule has 4 rings (SSSR count). The number of ether oxygens (including phenoxy) is 2. The first kappa shape index (κ1) is 21.9. The maximum atomic E-state index is 12.7. The van der Waals surface area contributed by atoms with Gasteiger partial charge in [-0.1, -0.05) is 6.07 Å². The van der Waals surface area contributed by atoms with E-state index in [1.165, 1.54) is 0 Å². The lowest BCUT2D eigenvalue weighted by atomic mass is 9.96. The van der Waals surface area contributed by atoms with Gasteiger partial charge < -0.3 is 19.7 Å². The van der Waals surface area contributed by atoms with Crippen LogP contribution in [0.2, 0.25) is 0 Å². The molecule has 1 saturated heterocycles. The molecule has 170 valence electrons. The average molecular weight is 439 g/mol. The highest BCUT2D eigenvalue weighted by Gasteiger charge is 2.25. The number of piperidine rings is 1. The maximum absolute atomic E-state index is 12.7. The number of anilines is 1. The molecule has 0 bridgehead atoms. The summed E-state index contributed by atoms with van der Waals surface area (Å²) in [7, 11) is 0. The van der Waals surface area contributed by atoms with E-state index in [1.807, 2.05) is 44.2 Å². The fourth-order valence-electron chi connectivity index (χ4n) is 3.98. The monoisotopic (exact) mass is 438 g/mol. The highest BCUT2D eigenvalue weighted by molar-refractivity contribution is 5.79. The third-order valence-electron chi connectivity index (χ3n) is 5.66. The molecule has 0 spiro atoms. The van der Waals surface area contributed by atoms with Gasteiger partial charge in [0.15, 0.2) is 17.1 Å². The highest BCUT2D eigenvalue weighted by Crippen LogP contribution is 2.28. The number of nitrogens with one attached hydrogen (secondary N) is 1. The zero-order valence-corrected chi connectivity index (χ0v) is 18.7. The Morgan fingerprint density at radius 2 is 1.88 bits per heavy atom. The van der Waals surface area contributed by atoms with Gasteiger partial charge >= 0.3 is 0 Å². The third kappa shape index (κ3) is 5.09. The predicted molar refractivity (Wildman–Crippen MR) is 121 cm³/mol. The lowest BCUT2D eigenvalue weighted by molar-refractivity contribution is -0.125. The van der Waals surface area contributed by atoms with Crippen molar-refractivity contribution in [3.05, 3.63) is 42.2 Å². The Bertz CT molecular complexity index is 1050. The molecular weight excluding hydrogens is 408 g/mol. The summed E-state index contributed by atoms with van der Waals surface area (Å²) < 4.78 is 13.0. The molecule has 3 aromatic rings. The summed E-state index contributed by atoms with van der Waals surface area (Å²) >= 11 is 0. The Morgan fingerprint density at radius 3 is 2.66 bits per heavy atom. The van der Waals surface area contributed by atoms with Crippen LogP contribution in [-0.4, -0.2) is 58.6 Å². The van der Waals surface area contributed by atoms with E-state index in [2.05, 4.69) is 25.5 Å². The Labute approximate surface area is 187 Å². The zero-order chi connectivity index (χ0) is 22.3. The fourth-order valence-corrected chi connectivity index (χ4v) is 3.98. The molecule has 1 N–H and O–H groups in total. The molecule has 0 saturated carbocycles. The van der Waals surface area contributed by atoms with Gasteiger partial charge in [-0.3, -0.25) is 4.79 Å². The second kappa shape index (κ2) is 10.3. The van der Waals surface area contributed by atoms with Crippen molar-refractivity contribution < 1.29 is 14.3 Å². The topological polar surface area (TPSA) is 93.9 Å². The molecule has 0 aliphatic carbocycles. The second-order valence-corrected chi connectivity index (χ2v) is 7.77. The highest BCUT2D eigenvalue weighted by atomic mass is 16.5. The first-order chi connectivity index (χ1) is 15.7. The van der Waals surface area contributed by atoms with Gasteiger partial charge in [-0.2, -0.15) is 4.52 Å². The van der Waals surface area contributed by atoms with Gasteiger partial charge in [-0.15, -0.1) is 15.3 Å². The zero-order valence-electron chi connectivity index (χ0n) is 18.7. The van der Waals surface area contributed by atoms with Crippen molar-refractivity contribution in [2.75, 3.05) is 37.7 Å². The van der Waals surface area contributed by atoms with Crippen molar-refractivity contribution in [3.63, 3.8) is 0 Å². The van der Waals surface area contributed by atoms with Crippen LogP contribution in [0.15, 0.2) is 36.7 Å². The lowest BCUT2D eigenvalue weighted by Crippen LogP contribution is -2.41. The van der Waals surface area contributed by atoms with Gasteiger partial charge in [0.1, 0.15) is 12.1 Å². The summed E-state index contributed by atoms with van der Waals surface area (Å²) in [5.41, 5.74) is 1.84. The largest absolute Gasteiger partial charge is 0.490 e. The van der Waals surface area contributed by atoms with Crippen molar-refractivity contribution in [1.29, 1.82) is 0 Å². The number of amides is 1. The lowest BCUT2D eigenvalue weighted by Gasteiger charge is -2.32. The van der Waals surface area contributed by atoms with Crippen LogP contribution in [0.4, 0.5) is 5.82 Å². The molecule has 0 radical (unpaired) electrons. The number of carbonyl (C=O) groups excluding carboxylic acids is 1. The van der Waals surface area contributed by atoms with Crippen molar-refractivity contribution in [1.82, 2.24) is 25.1 Å². The molecule has 0 atom stereocenters. The summed E-state index contributed by atoms with van der Waals surface area (Å²) in [5.74, 6) is 2.56. The molecule has 2 aromatic heterocycles. The minimum atomic E-state index is 0.0317. The Morgan fingerprint density at radius 1 is 1.09 bits per heavy atom. The van der Waals surface area contributed by atoms with Gasteiger partial charge in [0, 0.05) is 25.6 Å². The van der Waals surface area contributed by atoms with Crippen LogP contribution in [0.3, 0.4) is 0 Å². The van der Waals surface area contributed by atoms with Crippen molar-refractivity contribution in [3.8, 4) is 11.5 Å². The standard InChI is InChI=1S/C23H30N6O3/c1-3-31-19-6-5-17(15-20(19)32-4-2)9-12-24-23(30)18-10-13-28(14-11-18)22-8-7-21-26-25-16-29(21)27-22/h5-8,15-16,18H,3-4,9-14H2,1-2H3,(H,24,30). The van der Waals surface area contributed by atoms with Gasteiger partial charge in [0.25, 0.3) is 0 Å². The summed E-state index contributed by atoms with van der Waals surface area (Å²) in [5, 5.41) is 15.5. The van der Waals surface area contributed by atoms with E-state index in [1.54, 1.807) is 10.8 Å². The van der Waals surface area contributed by atoms with Crippen LogP contribution < -0.4 is 19.7 Å². The van der Waals surface area contributed by atoms with E-state index < -0.39 is 0 Å². The molecule has 1 aliphatic heterocycles. The Hall–Kier alpha value is -3.36. The smallest absolute Gasteiger partial charge is 0.223 e. The van der Waals surface area contributed by atoms with Gasteiger partial charge in [0.2, 0.25) is 5.91 Å². The van der Waals surface area contributed by atoms with Crippen molar-refractivity contribution in [2.24, 2.45) is 5.92 Å². The second-order valence-electron chi connectivity index (χ2n) is 7.77. The normalized spacial score (nSPS) is 14.5. The van der Waals surface area contributed by atoms with Crippen molar-refractivity contribution >= 4 is 17.4 Å². The summed E-state index contributed by atoms with van der Waals surface area (Å²) in [6.45, 7) is 7.30. The Kier molecular flexibility index (Phi) is 7.03. The van der Waals surface area contributed by atoms with Crippen molar-refractivity contribution in [2.45, 2.75) is 33.1 Å². The molecule has 32 heavy (non-hydrogen) atoms. The van der Waals surface area contributed by atoms with Gasteiger partial charge in [-0.25, -0.2) is 0 Å². The van der Waals surface area contributed by atoms with Crippen LogP contribution in [0.1, 0.15) is 32.3 Å². The minimum absolute atomic E-state index is 0.0317. The van der Waals surface area contributed by atoms with Gasteiger partial charge in [-0.05, 0) is 62.9 Å². The minimum Gasteiger partial charge on any atom is -0.490 e. The summed E-state index contributed by atoms with van der Waals surface area (Å²) in [6, 6.07) is 9.83. The maximum Gasteiger partial charge on any atom is 0.223 e. The quantitative estimate of drug-likeness (QED) is 0.549. The molecule has 1 aliphatic rings. The number of carbonyl (C=O) groups is 1. The SMILES string of the molecule is CCOc1ccc(CCNC(=O)C2CCN(c3ccc4nncn4n3)CC2)cc1OCC. The van der Waals surface area contributed by atoms with E-state index in [4.69, 9.17) is 9.47 Å². The first-order valence-corrected chi connectivity index (χ1v) is 11.3. The molecule has 0 unspecified atom stereocenters. The number of benzene rings is 1.